The SMILES string of the molecule is C=NNC(=C)CCC. The van der Waals surface area contributed by atoms with E-state index in [9.17, 15) is 0 Å². The molecule has 0 atom stereocenters. The van der Waals surface area contributed by atoms with Crippen molar-refractivity contribution in [2.45, 2.75) is 19.8 Å². The van der Waals surface area contributed by atoms with E-state index in [0.717, 1.165) is 18.5 Å². The molecule has 1 N–H and O–H groups in total. The highest BCUT2D eigenvalue weighted by molar-refractivity contribution is 5.23. The summed E-state index contributed by atoms with van der Waals surface area (Å²) in [6.45, 7) is 9.04. The van der Waals surface area contributed by atoms with E-state index in [1.54, 1.807) is 0 Å². The summed E-state index contributed by atoms with van der Waals surface area (Å²) in [6, 6.07) is 0. The second-order valence-electron chi connectivity index (χ2n) is 1.62. The Morgan fingerprint density at radius 3 is 2.75 bits per heavy atom. The van der Waals surface area contributed by atoms with Crippen molar-refractivity contribution >= 4 is 6.72 Å². The van der Waals surface area contributed by atoms with Gasteiger partial charge in [0.15, 0.2) is 0 Å². The summed E-state index contributed by atoms with van der Waals surface area (Å²) in [6.07, 6.45) is 2.07. The number of rotatable bonds is 4. The molecule has 0 bridgehead atoms. The third-order valence-corrected chi connectivity index (χ3v) is 0.789. The van der Waals surface area contributed by atoms with Gasteiger partial charge in [0.05, 0.1) is 0 Å². The van der Waals surface area contributed by atoms with Gasteiger partial charge in [-0.3, -0.25) is 5.43 Å². The number of hydrazone groups is 1. The van der Waals surface area contributed by atoms with Crippen LogP contribution in [-0.4, -0.2) is 6.72 Å². The number of hydrogen-bond donors (Lipinski definition) is 1. The average molecular weight is 112 g/mol. The summed E-state index contributed by atoms with van der Waals surface area (Å²) in [5.74, 6) is 0. The normalized spacial score (nSPS) is 8.12. The fraction of sp³-hybridized carbons (Fsp3) is 0.500. The van der Waals surface area contributed by atoms with Crippen LogP contribution < -0.4 is 5.43 Å². The topological polar surface area (TPSA) is 24.4 Å². The van der Waals surface area contributed by atoms with Crippen molar-refractivity contribution in [3.05, 3.63) is 12.3 Å². The molecule has 0 aromatic carbocycles. The van der Waals surface area contributed by atoms with Crippen molar-refractivity contribution in [2.24, 2.45) is 5.10 Å². The molecule has 0 aromatic heterocycles. The Morgan fingerprint density at radius 1 is 1.75 bits per heavy atom. The van der Waals surface area contributed by atoms with Crippen molar-refractivity contribution in [3.63, 3.8) is 0 Å². The lowest BCUT2D eigenvalue weighted by molar-refractivity contribution is 0.784. The summed E-state index contributed by atoms with van der Waals surface area (Å²) < 4.78 is 0. The Balaban J connectivity index is 3.18. The molecule has 0 spiro atoms. The van der Waals surface area contributed by atoms with Gasteiger partial charge in [-0.15, -0.1) is 0 Å². The van der Waals surface area contributed by atoms with E-state index in [2.05, 4.69) is 30.7 Å². The van der Waals surface area contributed by atoms with Gasteiger partial charge in [-0.1, -0.05) is 19.9 Å². The molecule has 0 rings (SSSR count). The third kappa shape index (κ3) is 3.40. The lowest BCUT2D eigenvalue weighted by atomic mass is 10.3. The molecule has 0 aliphatic rings. The zero-order valence-electron chi connectivity index (χ0n) is 5.28. The zero-order chi connectivity index (χ0) is 6.41. The number of nitrogens with zero attached hydrogens (tertiary/aromatic N) is 1. The standard InChI is InChI=1S/C6H12N2/c1-4-5-6(2)8-7-3/h8H,2-5H2,1H3. The Morgan fingerprint density at radius 2 is 2.38 bits per heavy atom. The molecule has 0 amide bonds. The highest BCUT2D eigenvalue weighted by atomic mass is 15.3. The maximum absolute atomic E-state index is 3.69. The summed E-state index contributed by atoms with van der Waals surface area (Å²) in [5.41, 5.74) is 3.60. The lowest BCUT2D eigenvalue weighted by Gasteiger charge is -1.98. The van der Waals surface area contributed by atoms with Gasteiger partial charge in [-0.25, -0.2) is 0 Å². The van der Waals surface area contributed by atoms with Crippen molar-refractivity contribution < 1.29 is 0 Å². The van der Waals surface area contributed by atoms with Crippen LogP contribution in [0.5, 0.6) is 0 Å². The molecular formula is C6H12N2. The highest BCUT2D eigenvalue weighted by Crippen LogP contribution is 1.95. The zero-order valence-corrected chi connectivity index (χ0v) is 5.28. The molecule has 0 saturated carbocycles. The van der Waals surface area contributed by atoms with Crippen LogP contribution >= 0.6 is 0 Å². The molecule has 2 nitrogen and oxygen atoms in total. The van der Waals surface area contributed by atoms with Gasteiger partial charge in [-0.05, 0) is 6.42 Å². The smallest absolute Gasteiger partial charge is 0.0263 e. The number of nitrogens with one attached hydrogen (secondary N) is 1. The van der Waals surface area contributed by atoms with Crippen LogP contribution in [0, 0.1) is 0 Å². The fourth-order valence-corrected chi connectivity index (χ4v) is 0.469. The molecule has 46 valence electrons. The Hall–Kier alpha value is -0.790. The van der Waals surface area contributed by atoms with Crippen molar-refractivity contribution in [3.8, 4) is 0 Å². The maximum Gasteiger partial charge on any atom is 0.0263 e. The average Bonchev–Trinajstić information content (AvgIpc) is 1.68. The summed E-state index contributed by atoms with van der Waals surface area (Å²) in [4.78, 5) is 0. The summed E-state index contributed by atoms with van der Waals surface area (Å²) >= 11 is 0. The van der Waals surface area contributed by atoms with E-state index in [1.165, 1.54) is 0 Å². The van der Waals surface area contributed by atoms with Crippen LogP contribution in [0.1, 0.15) is 19.8 Å². The van der Waals surface area contributed by atoms with Crippen molar-refractivity contribution in [1.82, 2.24) is 5.43 Å². The molecule has 0 aliphatic carbocycles. The predicted molar refractivity (Wildman–Crippen MR) is 36.7 cm³/mol. The van der Waals surface area contributed by atoms with Gasteiger partial charge >= 0.3 is 0 Å². The summed E-state index contributed by atoms with van der Waals surface area (Å²) in [5, 5.41) is 3.45. The summed E-state index contributed by atoms with van der Waals surface area (Å²) in [7, 11) is 0. The molecule has 0 unspecified atom stereocenters. The minimum Gasteiger partial charge on any atom is -0.284 e. The number of hydrogen-bond acceptors (Lipinski definition) is 2. The second-order valence-corrected chi connectivity index (χ2v) is 1.62. The Labute approximate surface area is 50.3 Å². The largest absolute Gasteiger partial charge is 0.284 e. The van der Waals surface area contributed by atoms with Gasteiger partial charge in [0, 0.05) is 12.4 Å². The first-order chi connectivity index (χ1) is 3.81. The molecule has 0 aliphatic heterocycles. The minimum absolute atomic E-state index is 0.933. The quantitative estimate of drug-likeness (QED) is 0.432. The van der Waals surface area contributed by atoms with E-state index in [0.29, 0.717) is 0 Å². The van der Waals surface area contributed by atoms with E-state index in [-0.39, 0.29) is 0 Å². The Bertz CT molecular complexity index is 86.5. The first kappa shape index (κ1) is 7.21. The van der Waals surface area contributed by atoms with E-state index < -0.39 is 0 Å². The van der Waals surface area contributed by atoms with Crippen molar-refractivity contribution in [1.29, 1.82) is 0 Å². The van der Waals surface area contributed by atoms with Crippen LogP contribution in [0.4, 0.5) is 0 Å². The first-order valence-corrected chi connectivity index (χ1v) is 2.70. The Kier molecular flexibility index (Phi) is 3.94. The van der Waals surface area contributed by atoms with Gasteiger partial charge in [-0.2, -0.15) is 5.10 Å². The molecule has 8 heavy (non-hydrogen) atoms. The fourth-order valence-electron chi connectivity index (χ4n) is 0.469. The van der Waals surface area contributed by atoms with E-state index in [4.69, 9.17) is 0 Å². The predicted octanol–water partition coefficient (Wildman–Crippen LogP) is 1.51. The number of allylic oxidation sites excluding steroid dienone is 1. The van der Waals surface area contributed by atoms with Crippen LogP contribution in [0.25, 0.3) is 0 Å². The van der Waals surface area contributed by atoms with Crippen molar-refractivity contribution in [2.75, 3.05) is 0 Å². The van der Waals surface area contributed by atoms with Crippen LogP contribution in [0.3, 0.4) is 0 Å². The molecule has 2 heteroatoms. The maximum atomic E-state index is 3.69. The first-order valence-electron chi connectivity index (χ1n) is 2.70. The highest BCUT2D eigenvalue weighted by Gasteiger charge is 1.84. The molecule has 0 aromatic rings. The molecule has 0 saturated heterocycles. The van der Waals surface area contributed by atoms with Crippen LogP contribution in [0.2, 0.25) is 0 Å². The third-order valence-electron chi connectivity index (χ3n) is 0.789. The molecule has 0 fully saturated rings. The molecule has 0 radical (unpaired) electrons. The van der Waals surface area contributed by atoms with E-state index in [1.807, 2.05) is 0 Å². The van der Waals surface area contributed by atoms with Crippen LogP contribution in [-0.2, 0) is 0 Å². The van der Waals surface area contributed by atoms with Gasteiger partial charge in [0.2, 0.25) is 0 Å². The van der Waals surface area contributed by atoms with Gasteiger partial charge in [0.25, 0.3) is 0 Å². The monoisotopic (exact) mass is 112 g/mol. The molecular weight excluding hydrogens is 100 g/mol. The lowest BCUT2D eigenvalue weighted by Crippen LogP contribution is -2.01. The van der Waals surface area contributed by atoms with E-state index >= 15 is 0 Å². The van der Waals surface area contributed by atoms with Crippen LogP contribution in [0.15, 0.2) is 17.4 Å². The molecule has 0 heterocycles. The minimum atomic E-state index is 0.933. The van der Waals surface area contributed by atoms with Gasteiger partial charge in [0.1, 0.15) is 0 Å². The van der Waals surface area contributed by atoms with Gasteiger partial charge < -0.3 is 0 Å². The second kappa shape index (κ2) is 4.37.